The minimum Gasteiger partial charge on any atom is -0.496 e. The van der Waals surface area contributed by atoms with Crippen LogP contribution in [0.2, 0.25) is 5.02 Å². The third-order valence-electron chi connectivity index (χ3n) is 9.55. The van der Waals surface area contributed by atoms with Crippen LogP contribution in [0, 0.1) is 0 Å². The van der Waals surface area contributed by atoms with Gasteiger partial charge in [0.15, 0.2) is 0 Å². The van der Waals surface area contributed by atoms with Gasteiger partial charge in [-0.25, -0.2) is 0 Å². The number of nitrogens with zero attached hydrogens (tertiary/aromatic N) is 3. The fourth-order valence-corrected chi connectivity index (χ4v) is 6.75. The molecule has 2 saturated heterocycles. The molecule has 12 heteroatoms. The second kappa shape index (κ2) is 19.9. The zero-order valence-corrected chi connectivity index (χ0v) is 28.9. The van der Waals surface area contributed by atoms with Gasteiger partial charge < -0.3 is 40.3 Å². The molecule has 0 unspecified atom stereocenters. The summed E-state index contributed by atoms with van der Waals surface area (Å²) in [7, 11) is 5.14. The number of likely N-dealkylation sites (tertiary alicyclic amines) is 2. The molecule has 0 aliphatic carbocycles. The zero-order valence-electron chi connectivity index (χ0n) is 28.1. The van der Waals surface area contributed by atoms with Crippen molar-refractivity contribution in [3.63, 3.8) is 0 Å². The molecule has 1 aromatic carbocycles. The van der Waals surface area contributed by atoms with Gasteiger partial charge in [0.2, 0.25) is 5.91 Å². The zero-order chi connectivity index (χ0) is 33.5. The normalized spacial score (nSPS) is 19.6. The lowest BCUT2D eigenvalue weighted by atomic mass is 10.00. The molecular formula is C34H56ClN5O6. The topological polar surface area (TPSA) is 138 Å². The highest BCUT2D eigenvalue weighted by Crippen LogP contribution is 2.29. The van der Waals surface area contributed by atoms with E-state index in [1.807, 2.05) is 11.9 Å². The number of hydrogen-bond donors (Lipinski definition) is 3. The fourth-order valence-electron chi connectivity index (χ4n) is 6.59. The van der Waals surface area contributed by atoms with E-state index in [0.29, 0.717) is 34.5 Å². The van der Waals surface area contributed by atoms with Gasteiger partial charge in [-0.05, 0) is 64.1 Å². The van der Waals surface area contributed by atoms with Crippen LogP contribution < -0.4 is 15.8 Å². The second-order valence-electron chi connectivity index (χ2n) is 12.8. The van der Waals surface area contributed by atoms with E-state index in [4.69, 9.17) is 31.9 Å². The molecule has 0 saturated carbocycles. The van der Waals surface area contributed by atoms with Gasteiger partial charge in [-0.3, -0.25) is 14.4 Å². The van der Waals surface area contributed by atoms with Crippen molar-refractivity contribution in [2.24, 2.45) is 0 Å². The third-order valence-corrected chi connectivity index (χ3v) is 9.88. The standard InChI is InChI=1S/C34H56ClN5O6/c1-38(25-14-19-39(20-15-25)17-10-6-4-5-9-13-33(42)43)32(41)12-8-7-11-18-40-21-16-29(31(24-40)46-3)37-34(44)26-22-27(35)28(36)23-30(26)45-2/h22-23,25,29,31H,4-21,24,36H2,1-3H3,(H,37,44)(H,42,43)/t29-,31+/m1/s1. The monoisotopic (exact) mass is 665 g/mol. The van der Waals surface area contributed by atoms with Crippen molar-refractivity contribution in [2.75, 3.05) is 66.3 Å². The number of nitrogen functional groups attached to an aromatic ring is 1. The molecule has 2 aliphatic heterocycles. The van der Waals surface area contributed by atoms with E-state index in [1.165, 1.54) is 13.2 Å². The Bertz CT molecular complexity index is 1120. The number of ether oxygens (including phenoxy) is 2. The molecule has 3 rings (SSSR count). The van der Waals surface area contributed by atoms with Crippen LogP contribution in [0.15, 0.2) is 12.1 Å². The van der Waals surface area contributed by atoms with Crippen molar-refractivity contribution in [1.29, 1.82) is 0 Å². The van der Waals surface area contributed by atoms with Gasteiger partial charge in [0, 0.05) is 65.3 Å². The molecular weight excluding hydrogens is 610 g/mol. The van der Waals surface area contributed by atoms with Gasteiger partial charge in [-0.15, -0.1) is 0 Å². The summed E-state index contributed by atoms with van der Waals surface area (Å²) < 4.78 is 11.1. The molecule has 2 aliphatic rings. The quantitative estimate of drug-likeness (QED) is 0.142. The lowest BCUT2D eigenvalue weighted by molar-refractivity contribution is -0.137. The first-order valence-electron chi connectivity index (χ1n) is 17.0. The maximum absolute atomic E-state index is 13.0. The number of benzene rings is 1. The number of rotatable bonds is 19. The predicted molar refractivity (Wildman–Crippen MR) is 182 cm³/mol. The Morgan fingerprint density at radius 1 is 0.935 bits per heavy atom. The van der Waals surface area contributed by atoms with Crippen LogP contribution in [0.4, 0.5) is 5.69 Å². The van der Waals surface area contributed by atoms with Crippen LogP contribution in [0.1, 0.15) is 93.8 Å². The number of carboxylic acids is 1. The molecule has 2 fully saturated rings. The minimum absolute atomic E-state index is 0.128. The fraction of sp³-hybridized carbons (Fsp3) is 0.735. The smallest absolute Gasteiger partial charge is 0.303 e. The number of halogens is 1. The second-order valence-corrected chi connectivity index (χ2v) is 13.2. The Labute approximate surface area is 280 Å². The molecule has 0 bridgehead atoms. The third kappa shape index (κ3) is 12.2. The molecule has 0 aromatic heterocycles. The summed E-state index contributed by atoms with van der Waals surface area (Å²) in [5, 5.41) is 12.1. The summed E-state index contributed by atoms with van der Waals surface area (Å²) in [4.78, 5) is 43.4. The average molecular weight is 666 g/mol. The van der Waals surface area contributed by atoms with E-state index in [9.17, 15) is 14.4 Å². The highest BCUT2D eigenvalue weighted by molar-refractivity contribution is 6.33. The van der Waals surface area contributed by atoms with Gasteiger partial charge in [-0.1, -0.05) is 37.3 Å². The summed E-state index contributed by atoms with van der Waals surface area (Å²) in [6, 6.07) is 3.29. The number of aliphatic carboxylic acids is 1. The minimum atomic E-state index is -0.703. The van der Waals surface area contributed by atoms with Crippen LogP contribution in [-0.2, 0) is 14.3 Å². The number of methoxy groups -OCH3 is 2. The number of nitrogens with two attached hydrogens (primary N) is 1. The van der Waals surface area contributed by atoms with Crippen molar-refractivity contribution in [2.45, 2.75) is 102 Å². The molecule has 2 amide bonds. The van der Waals surface area contributed by atoms with Crippen molar-refractivity contribution in [1.82, 2.24) is 20.0 Å². The molecule has 1 aromatic rings. The van der Waals surface area contributed by atoms with E-state index in [2.05, 4.69) is 15.1 Å². The van der Waals surface area contributed by atoms with Crippen LogP contribution in [0.3, 0.4) is 0 Å². The van der Waals surface area contributed by atoms with Crippen molar-refractivity contribution < 1.29 is 29.0 Å². The largest absolute Gasteiger partial charge is 0.496 e. The van der Waals surface area contributed by atoms with Crippen LogP contribution in [0.5, 0.6) is 5.75 Å². The number of anilines is 1. The van der Waals surface area contributed by atoms with Gasteiger partial charge in [0.05, 0.1) is 35.5 Å². The van der Waals surface area contributed by atoms with E-state index in [1.54, 1.807) is 13.2 Å². The number of piperidine rings is 2. The Kier molecular flexibility index (Phi) is 16.4. The van der Waals surface area contributed by atoms with Crippen molar-refractivity contribution >= 4 is 35.1 Å². The lowest BCUT2D eigenvalue weighted by Crippen LogP contribution is -2.54. The first kappa shape index (κ1) is 37.9. The van der Waals surface area contributed by atoms with E-state index >= 15 is 0 Å². The predicted octanol–water partition coefficient (Wildman–Crippen LogP) is 4.66. The molecule has 4 N–H and O–H groups in total. The number of amides is 2. The Balaban J connectivity index is 1.27. The Hall–Kier alpha value is -2.60. The van der Waals surface area contributed by atoms with Gasteiger partial charge in [-0.2, -0.15) is 0 Å². The van der Waals surface area contributed by atoms with Crippen LogP contribution >= 0.6 is 11.6 Å². The summed E-state index contributed by atoms with van der Waals surface area (Å²) in [6.07, 6.45) is 11.6. The SMILES string of the molecule is COc1cc(N)c(Cl)cc1C(=O)N[C@@H]1CCN(CCCCCC(=O)N(C)C2CCN(CCCCCCCC(=O)O)CC2)C[C@@H]1OC. The van der Waals surface area contributed by atoms with Gasteiger partial charge in [0.25, 0.3) is 5.91 Å². The molecule has 260 valence electrons. The first-order valence-corrected chi connectivity index (χ1v) is 17.4. The number of nitrogens with one attached hydrogen (secondary N) is 1. The van der Waals surface area contributed by atoms with Gasteiger partial charge in [0.1, 0.15) is 5.75 Å². The lowest BCUT2D eigenvalue weighted by Gasteiger charge is -2.38. The summed E-state index contributed by atoms with van der Waals surface area (Å²) in [6.45, 7) is 5.69. The highest BCUT2D eigenvalue weighted by Gasteiger charge is 2.31. The first-order chi connectivity index (χ1) is 22.1. The number of hydrogen-bond acceptors (Lipinski definition) is 8. The average Bonchev–Trinajstić information content (AvgIpc) is 3.05. The van der Waals surface area contributed by atoms with Crippen molar-refractivity contribution in [3.05, 3.63) is 22.7 Å². The molecule has 2 atom stereocenters. The van der Waals surface area contributed by atoms with E-state index < -0.39 is 5.97 Å². The Morgan fingerprint density at radius 2 is 1.54 bits per heavy atom. The highest BCUT2D eigenvalue weighted by atomic mass is 35.5. The van der Waals surface area contributed by atoms with Crippen LogP contribution in [0.25, 0.3) is 0 Å². The number of carbonyl (C=O) groups is 3. The maximum Gasteiger partial charge on any atom is 0.303 e. The molecule has 2 heterocycles. The molecule has 46 heavy (non-hydrogen) atoms. The number of carboxylic acid groups (broad SMARTS) is 1. The van der Waals surface area contributed by atoms with E-state index in [-0.39, 0.29) is 30.4 Å². The summed E-state index contributed by atoms with van der Waals surface area (Å²) in [5.41, 5.74) is 6.57. The maximum atomic E-state index is 13.0. The summed E-state index contributed by atoms with van der Waals surface area (Å²) in [5.74, 6) is -0.343. The summed E-state index contributed by atoms with van der Waals surface area (Å²) >= 11 is 6.16. The Morgan fingerprint density at radius 3 is 2.22 bits per heavy atom. The molecule has 0 spiro atoms. The number of carbonyl (C=O) groups excluding carboxylic acids is 2. The van der Waals surface area contributed by atoms with Gasteiger partial charge >= 0.3 is 5.97 Å². The van der Waals surface area contributed by atoms with Crippen molar-refractivity contribution in [3.8, 4) is 5.75 Å². The van der Waals surface area contributed by atoms with E-state index in [0.717, 1.165) is 110 Å². The molecule has 11 nitrogen and oxygen atoms in total. The number of unbranched alkanes of at least 4 members (excludes halogenated alkanes) is 6. The molecule has 0 radical (unpaired) electrons. The van der Waals surface area contributed by atoms with Crippen LogP contribution in [-0.4, -0.2) is 116 Å².